The van der Waals surface area contributed by atoms with Crippen molar-refractivity contribution < 1.29 is 17.9 Å². The number of rotatable bonds is 1. The van der Waals surface area contributed by atoms with Crippen LogP contribution in [-0.2, 0) is 10.9 Å². The molecule has 0 aromatic carbocycles. The smallest absolute Gasteiger partial charge is 0.372 e. The minimum Gasteiger partial charge on any atom is -0.372 e. The van der Waals surface area contributed by atoms with E-state index in [4.69, 9.17) is 4.74 Å². The van der Waals surface area contributed by atoms with Crippen LogP contribution in [0.5, 0.6) is 0 Å². The molecular formula is C12H16ClF3N2O. The standard InChI is InChI=1S/C12H15F3N2O.ClH/c1-11(2)7-17-10(6-18-11)9-4-3-8(5-16-9)12(13,14)15;/h3-5,10,17H,6-7H2,1-2H3;1H. The fourth-order valence-corrected chi connectivity index (χ4v) is 1.76. The van der Waals surface area contributed by atoms with E-state index in [1.54, 1.807) is 0 Å². The first-order valence-electron chi connectivity index (χ1n) is 5.68. The summed E-state index contributed by atoms with van der Waals surface area (Å²) in [7, 11) is 0. The molecule has 0 radical (unpaired) electrons. The van der Waals surface area contributed by atoms with Gasteiger partial charge < -0.3 is 10.1 Å². The van der Waals surface area contributed by atoms with Crippen LogP contribution in [-0.4, -0.2) is 23.7 Å². The second-order valence-electron chi connectivity index (χ2n) is 4.97. The van der Waals surface area contributed by atoms with Crippen molar-refractivity contribution in [3.8, 4) is 0 Å². The number of hydrogen-bond acceptors (Lipinski definition) is 3. The van der Waals surface area contributed by atoms with E-state index in [-0.39, 0.29) is 24.0 Å². The van der Waals surface area contributed by atoms with Gasteiger partial charge in [0, 0.05) is 12.7 Å². The van der Waals surface area contributed by atoms with Crippen LogP contribution in [0.4, 0.5) is 13.2 Å². The lowest BCUT2D eigenvalue weighted by molar-refractivity contribution is -0.137. The quantitative estimate of drug-likeness (QED) is 0.865. The third kappa shape index (κ3) is 4.06. The van der Waals surface area contributed by atoms with Crippen molar-refractivity contribution in [1.29, 1.82) is 0 Å². The Morgan fingerprint density at radius 1 is 1.37 bits per heavy atom. The number of aromatic nitrogens is 1. The highest BCUT2D eigenvalue weighted by molar-refractivity contribution is 5.85. The van der Waals surface area contributed by atoms with Gasteiger partial charge in [-0.3, -0.25) is 4.98 Å². The molecule has 1 N–H and O–H groups in total. The summed E-state index contributed by atoms with van der Waals surface area (Å²) in [5.74, 6) is 0. The van der Waals surface area contributed by atoms with E-state index in [0.29, 0.717) is 18.8 Å². The van der Waals surface area contributed by atoms with E-state index in [0.717, 1.165) is 12.3 Å². The number of ether oxygens (including phenoxy) is 1. The highest BCUT2D eigenvalue weighted by Crippen LogP contribution is 2.29. The lowest BCUT2D eigenvalue weighted by Crippen LogP contribution is -2.47. The first-order chi connectivity index (χ1) is 8.28. The number of nitrogens with one attached hydrogen (secondary N) is 1. The summed E-state index contributed by atoms with van der Waals surface area (Å²) >= 11 is 0. The normalized spacial score (nSPS) is 22.7. The fourth-order valence-electron chi connectivity index (χ4n) is 1.76. The van der Waals surface area contributed by atoms with Crippen LogP contribution >= 0.6 is 12.4 Å². The Labute approximate surface area is 116 Å². The van der Waals surface area contributed by atoms with Gasteiger partial charge in [-0.15, -0.1) is 12.4 Å². The zero-order valence-electron chi connectivity index (χ0n) is 10.6. The van der Waals surface area contributed by atoms with E-state index >= 15 is 0 Å². The Morgan fingerprint density at radius 3 is 2.47 bits per heavy atom. The van der Waals surface area contributed by atoms with E-state index in [1.807, 2.05) is 13.8 Å². The molecule has 2 heterocycles. The second-order valence-corrected chi connectivity index (χ2v) is 4.97. The Balaban J connectivity index is 0.00000180. The largest absolute Gasteiger partial charge is 0.417 e. The van der Waals surface area contributed by atoms with Gasteiger partial charge in [-0.25, -0.2) is 0 Å². The summed E-state index contributed by atoms with van der Waals surface area (Å²) in [6.07, 6.45) is -3.49. The van der Waals surface area contributed by atoms with E-state index < -0.39 is 11.7 Å². The predicted octanol–water partition coefficient (Wildman–Crippen LogP) is 2.96. The minimum absolute atomic E-state index is 0. The van der Waals surface area contributed by atoms with Crippen molar-refractivity contribution in [2.75, 3.05) is 13.2 Å². The van der Waals surface area contributed by atoms with Crippen LogP contribution < -0.4 is 5.32 Å². The molecule has 1 unspecified atom stereocenters. The van der Waals surface area contributed by atoms with Crippen molar-refractivity contribution in [2.24, 2.45) is 0 Å². The van der Waals surface area contributed by atoms with Gasteiger partial charge in [-0.05, 0) is 26.0 Å². The molecule has 108 valence electrons. The van der Waals surface area contributed by atoms with Crippen molar-refractivity contribution >= 4 is 12.4 Å². The van der Waals surface area contributed by atoms with Crippen LogP contribution in [0.15, 0.2) is 18.3 Å². The Hall–Kier alpha value is -0.850. The maximum atomic E-state index is 12.4. The molecule has 0 spiro atoms. The SMILES string of the molecule is CC1(C)CNC(c2ccc(C(F)(F)F)cn2)CO1.Cl. The van der Waals surface area contributed by atoms with Gasteiger partial charge in [0.25, 0.3) is 0 Å². The number of hydrogen-bond donors (Lipinski definition) is 1. The van der Waals surface area contributed by atoms with Crippen molar-refractivity contribution in [3.63, 3.8) is 0 Å². The molecular weight excluding hydrogens is 281 g/mol. The Morgan fingerprint density at radius 2 is 2.05 bits per heavy atom. The van der Waals surface area contributed by atoms with Gasteiger partial charge in [-0.1, -0.05) is 0 Å². The summed E-state index contributed by atoms with van der Waals surface area (Å²) in [5.41, 5.74) is -0.413. The van der Waals surface area contributed by atoms with Crippen LogP contribution in [0.25, 0.3) is 0 Å². The molecule has 0 aliphatic carbocycles. The maximum Gasteiger partial charge on any atom is 0.417 e. The number of nitrogens with zero attached hydrogens (tertiary/aromatic N) is 1. The molecule has 3 nitrogen and oxygen atoms in total. The average molecular weight is 297 g/mol. The number of alkyl halides is 3. The lowest BCUT2D eigenvalue weighted by atomic mass is 10.0. The molecule has 2 rings (SSSR count). The molecule has 0 bridgehead atoms. The van der Waals surface area contributed by atoms with Crippen molar-refractivity contribution in [1.82, 2.24) is 10.3 Å². The molecule has 1 aromatic rings. The van der Waals surface area contributed by atoms with Crippen molar-refractivity contribution in [2.45, 2.75) is 31.7 Å². The van der Waals surface area contributed by atoms with Crippen molar-refractivity contribution in [3.05, 3.63) is 29.6 Å². The monoisotopic (exact) mass is 296 g/mol. The molecule has 1 fully saturated rings. The molecule has 7 heteroatoms. The fraction of sp³-hybridized carbons (Fsp3) is 0.583. The lowest BCUT2D eigenvalue weighted by Gasteiger charge is -2.35. The van der Waals surface area contributed by atoms with E-state index in [2.05, 4.69) is 10.3 Å². The van der Waals surface area contributed by atoms with E-state index in [1.165, 1.54) is 6.07 Å². The van der Waals surface area contributed by atoms with Gasteiger partial charge >= 0.3 is 6.18 Å². The third-order valence-electron chi connectivity index (χ3n) is 2.89. The van der Waals surface area contributed by atoms with Crippen LogP contribution in [0.1, 0.15) is 31.1 Å². The highest BCUT2D eigenvalue weighted by atomic mass is 35.5. The third-order valence-corrected chi connectivity index (χ3v) is 2.89. The molecule has 1 aliphatic heterocycles. The Bertz CT molecular complexity index is 410. The number of morpholine rings is 1. The predicted molar refractivity (Wildman–Crippen MR) is 67.3 cm³/mol. The molecule has 1 aromatic heterocycles. The molecule has 1 saturated heterocycles. The zero-order chi connectivity index (χ0) is 13.4. The summed E-state index contributed by atoms with van der Waals surface area (Å²) in [4.78, 5) is 3.85. The molecule has 19 heavy (non-hydrogen) atoms. The second kappa shape index (κ2) is 5.64. The topological polar surface area (TPSA) is 34.2 Å². The molecule has 1 atom stereocenters. The van der Waals surface area contributed by atoms with E-state index in [9.17, 15) is 13.2 Å². The first kappa shape index (κ1) is 16.2. The molecule has 0 amide bonds. The minimum atomic E-state index is -4.34. The van der Waals surface area contributed by atoms with Crippen LogP contribution in [0.2, 0.25) is 0 Å². The molecule has 1 aliphatic rings. The molecule has 0 saturated carbocycles. The average Bonchev–Trinajstić information content (AvgIpc) is 2.28. The maximum absolute atomic E-state index is 12.4. The van der Waals surface area contributed by atoms with Gasteiger partial charge in [0.1, 0.15) is 0 Å². The summed E-state index contributed by atoms with van der Waals surface area (Å²) < 4.78 is 42.8. The number of pyridine rings is 1. The zero-order valence-corrected chi connectivity index (χ0v) is 11.4. The van der Waals surface area contributed by atoms with Crippen LogP contribution in [0.3, 0.4) is 0 Å². The first-order valence-corrected chi connectivity index (χ1v) is 5.68. The Kier molecular flexibility index (Phi) is 4.81. The summed E-state index contributed by atoms with van der Waals surface area (Å²) in [6, 6.07) is 2.28. The highest BCUT2D eigenvalue weighted by Gasteiger charge is 2.32. The van der Waals surface area contributed by atoms with Gasteiger partial charge in [0.15, 0.2) is 0 Å². The van der Waals surface area contributed by atoms with Gasteiger partial charge in [0.2, 0.25) is 0 Å². The summed E-state index contributed by atoms with van der Waals surface area (Å²) in [6.45, 7) is 4.96. The van der Waals surface area contributed by atoms with Gasteiger partial charge in [-0.2, -0.15) is 13.2 Å². The van der Waals surface area contributed by atoms with Crippen LogP contribution in [0, 0.1) is 0 Å². The van der Waals surface area contributed by atoms with Gasteiger partial charge in [0.05, 0.1) is 29.5 Å². The summed E-state index contributed by atoms with van der Waals surface area (Å²) in [5, 5.41) is 3.22. The number of halogens is 4.